The molecule has 2 heteroatoms. The number of rotatable bonds is 0. The number of esters is 1. The van der Waals surface area contributed by atoms with Gasteiger partial charge in [0.25, 0.3) is 0 Å². The Morgan fingerprint density at radius 3 is 3.00 bits per heavy atom. The molecule has 0 unspecified atom stereocenters. The van der Waals surface area contributed by atoms with E-state index in [4.69, 9.17) is 4.74 Å². The molecule has 2 fully saturated rings. The molecule has 0 aromatic rings. The van der Waals surface area contributed by atoms with Crippen molar-refractivity contribution in [1.29, 1.82) is 0 Å². The summed E-state index contributed by atoms with van der Waals surface area (Å²) in [6.07, 6.45) is 3.28. The van der Waals surface area contributed by atoms with Crippen molar-refractivity contribution in [2.45, 2.75) is 31.8 Å². The molecule has 1 saturated carbocycles. The maximum absolute atomic E-state index is 10.7. The van der Waals surface area contributed by atoms with Gasteiger partial charge in [-0.3, -0.25) is 4.79 Å². The third kappa shape index (κ3) is 0.485. The largest absolute Gasteiger partial charge is 0.458 e. The normalized spacial score (nSPS) is 47.7. The molecule has 2 aliphatic rings. The fourth-order valence-electron chi connectivity index (χ4n) is 1.87. The van der Waals surface area contributed by atoms with Crippen LogP contribution in [0.25, 0.3) is 0 Å². The number of carbonyl (C=O) groups excluding carboxylic acids is 1. The van der Waals surface area contributed by atoms with Crippen LogP contribution in [0.2, 0.25) is 0 Å². The number of hydrogen-bond acceptors (Lipinski definition) is 2. The van der Waals surface area contributed by atoms with Gasteiger partial charge in [0.1, 0.15) is 5.60 Å². The number of hydrogen-bond donors (Lipinski definition) is 0. The molecule has 0 bridgehead atoms. The van der Waals surface area contributed by atoms with Gasteiger partial charge < -0.3 is 4.74 Å². The van der Waals surface area contributed by atoms with Crippen molar-refractivity contribution in [2.75, 3.05) is 0 Å². The maximum atomic E-state index is 10.7. The molecule has 2 nitrogen and oxygen atoms in total. The highest BCUT2D eigenvalue weighted by Crippen LogP contribution is 2.46. The molecule has 1 heterocycles. The third-order valence-corrected chi connectivity index (χ3v) is 2.52. The van der Waals surface area contributed by atoms with Crippen LogP contribution in [-0.4, -0.2) is 11.6 Å². The summed E-state index contributed by atoms with van der Waals surface area (Å²) in [6, 6.07) is 0. The highest BCUT2D eigenvalue weighted by Gasteiger charge is 2.55. The van der Waals surface area contributed by atoms with E-state index in [1.807, 2.05) is 6.92 Å². The monoisotopic (exact) mass is 126 g/mol. The topological polar surface area (TPSA) is 26.3 Å². The lowest BCUT2D eigenvalue weighted by Gasteiger charge is -2.40. The van der Waals surface area contributed by atoms with Gasteiger partial charge in [0, 0.05) is 0 Å². The van der Waals surface area contributed by atoms with Crippen LogP contribution in [-0.2, 0) is 9.53 Å². The molecule has 1 aliphatic carbocycles. The number of ether oxygens (including phenoxy) is 1. The van der Waals surface area contributed by atoms with Crippen LogP contribution in [0.5, 0.6) is 0 Å². The van der Waals surface area contributed by atoms with Gasteiger partial charge in [0.2, 0.25) is 0 Å². The van der Waals surface area contributed by atoms with Gasteiger partial charge in [-0.15, -0.1) is 0 Å². The molecule has 9 heavy (non-hydrogen) atoms. The number of carbonyl (C=O) groups is 1. The molecule has 0 spiro atoms. The molecular weight excluding hydrogens is 116 g/mol. The zero-order valence-corrected chi connectivity index (χ0v) is 5.52. The lowest BCUT2D eigenvalue weighted by molar-refractivity contribution is -0.201. The van der Waals surface area contributed by atoms with Crippen LogP contribution in [0.4, 0.5) is 0 Å². The minimum atomic E-state index is -0.0446. The highest BCUT2D eigenvalue weighted by atomic mass is 16.6. The van der Waals surface area contributed by atoms with Gasteiger partial charge in [0.15, 0.2) is 0 Å². The zero-order chi connectivity index (χ0) is 6.48. The Hall–Kier alpha value is -0.530. The van der Waals surface area contributed by atoms with Crippen molar-refractivity contribution in [3.05, 3.63) is 0 Å². The van der Waals surface area contributed by atoms with Crippen molar-refractivity contribution in [2.24, 2.45) is 5.92 Å². The quantitative estimate of drug-likeness (QED) is 0.454. The first-order chi connectivity index (χ1) is 4.22. The summed E-state index contributed by atoms with van der Waals surface area (Å²) in [4.78, 5) is 10.7. The Balaban J connectivity index is 2.21. The standard InChI is InChI=1S/C7H10O2/c1-7-4-2-3-5(7)6(8)9-7/h5H,2-4H2,1H3/t5-,7-/m0/s1. The van der Waals surface area contributed by atoms with Crippen LogP contribution in [0.3, 0.4) is 0 Å². The average molecular weight is 126 g/mol. The summed E-state index contributed by atoms with van der Waals surface area (Å²) in [6.45, 7) is 2.03. The second kappa shape index (κ2) is 1.31. The molecule has 1 aliphatic heterocycles. The van der Waals surface area contributed by atoms with Crippen molar-refractivity contribution < 1.29 is 9.53 Å². The first kappa shape index (κ1) is 5.27. The Morgan fingerprint density at radius 1 is 1.78 bits per heavy atom. The van der Waals surface area contributed by atoms with Gasteiger partial charge in [-0.1, -0.05) is 0 Å². The fraction of sp³-hybridized carbons (Fsp3) is 0.857. The van der Waals surface area contributed by atoms with Crippen molar-refractivity contribution in [3.8, 4) is 0 Å². The SMILES string of the molecule is C[C@]12CCC[C@H]1C(=O)O2. The van der Waals surface area contributed by atoms with Gasteiger partial charge in [0.05, 0.1) is 5.92 Å². The smallest absolute Gasteiger partial charge is 0.313 e. The van der Waals surface area contributed by atoms with Crippen LogP contribution in [0.15, 0.2) is 0 Å². The van der Waals surface area contributed by atoms with Crippen molar-refractivity contribution in [3.63, 3.8) is 0 Å². The predicted molar refractivity (Wildman–Crippen MR) is 31.8 cm³/mol. The minimum Gasteiger partial charge on any atom is -0.458 e. The minimum absolute atomic E-state index is 0.0231. The first-order valence-electron chi connectivity index (χ1n) is 3.45. The van der Waals surface area contributed by atoms with Crippen molar-refractivity contribution >= 4 is 5.97 Å². The summed E-state index contributed by atoms with van der Waals surface area (Å²) in [5.74, 6) is 0.271. The van der Waals surface area contributed by atoms with Crippen LogP contribution in [0.1, 0.15) is 26.2 Å². The summed E-state index contributed by atoms with van der Waals surface area (Å²) >= 11 is 0. The van der Waals surface area contributed by atoms with Crippen LogP contribution in [0, 0.1) is 5.92 Å². The molecule has 0 radical (unpaired) electrons. The van der Waals surface area contributed by atoms with E-state index in [1.165, 1.54) is 0 Å². The number of fused-ring (bicyclic) bond motifs is 1. The van der Waals surface area contributed by atoms with Gasteiger partial charge in [-0.05, 0) is 26.2 Å². The van der Waals surface area contributed by atoms with Crippen LogP contribution < -0.4 is 0 Å². The van der Waals surface area contributed by atoms with E-state index in [0.717, 1.165) is 19.3 Å². The van der Waals surface area contributed by atoms with E-state index in [2.05, 4.69) is 0 Å². The Bertz CT molecular complexity index is 164. The second-order valence-corrected chi connectivity index (χ2v) is 3.18. The Labute approximate surface area is 54.2 Å². The molecule has 0 aromatic heterocycles. The zero-order valence-electron chi connectivity index (χ0n) is 5.52. The molecule has 50 valence electrons. The summed E-state index contributed by atoms with van der Waals surface area (Å²) in [7, 11) is 0. The Kier molecular flexibility index (Phi) is 0.765. The summed E-state index contributed by atoms with van der Waals surface area (Å²) < 4.78 is 5.01. The lowest BCUT2D eigenvalue weighted by atomic mass is 9.87. The molecule has 0 N–H and O–H groups in total. The Morgan fingerprint density at radius 2 is 2.56 bits per heavy atom. The second-order valence-electron chi connectivity index (χ2n) is 3.18. The summed E-state index contributed by atoms with van der Waals surface area (Å²) in [5.41, 5.74) is -0.0446. The van der Waals surface area contributed by atoms with E-state index in [1.54, 1.807) is 0 Å². The molecule has 2 rings (SSSR count). The van der Waals surface area contributed by atoms with Crippen molar-refractivity contribution in [1.82, 2.24) is 0 Å². The van der Waals surface area contributed by atoms with E-state index in [0.29, 0.717) is 0 Å². The highest BCUT2D eigenvalue weighted by molar-refractivity contribution is 5.80. The first-order valence-corrected chi connectivity index (χ1v) is 3.45. The van der Waals surface area contributed by atoms with E-state index < -0.39 is 0 Å². The average Bonchev–Trinajstić information content (AvgIpc) is 2.06. The molecule has 1 saturated heterocycles. The van der Waals surface area contributed by atoms with Gasteiger partial charge >= 0.3 is 5.97 Å². The third-order valence-electron chi connectivity index (χ3n) is 2.52. The maximum Gasteiger partial charge on any atom is 0.313 e. The van der Waals surface area contributed by atoms with E-state index in [-0.39, 0.29) is 17.5 Å². The molecule has 2 atom stereocenters. The molecule has 0 aromatic carbocycles. The predicted octanol–water partition coefficient (Wildman–Crippen LogP) is 1.10. The fourth-order valence-corrected chi connectivity index (χ4v) is 1.87. The van der Waals surface area contributed by atoms with Crippen LogP contribution >= 0.6 is 0 Å². The summed E-state index contributed by atoms with van der Waals surface area (Å²) in [5, 5.41) is 0. The molecular formula is C7H10O2. The van der Waals surface area contributed by atoms with E-state index in [9.17, 15) is 4.79 Å². The van der Waals surface area contributed by atoms with E-state index >= 15 is 0 Å². The van der Waals surface area contributed by atoms with Gasteiger partial charge in [-0.25, -0.2) is 0 Å². The van der Waals surface area contributed by atoms with Gasteiger partial charge in [-0.2, -0.15) is 0 Å². The lowest BCUT2D eigenvalue weighted by Crippen LogP contribution is -2.51. The molecule has 0 amide bonds.